The number of hydrogen-bond donors (Lipinski definition) is 1. The second-order valence-corrected chi connectivity index (χ2v) is 7.20. The minimum absolute atomic E-state index is 0.141. The zero-order chi connectivity index (χ0) is 18.3. The van der Waals surface area contributed by atoms with Crippen LogP contribution in [0, 0.1) is 11.7 Å². The minimum atomic E-state index is -0.294. The highest BCUT2D eigenvalue weighted by molar-refractivity contribution is 5.91. The van der Waals surface area contributed by atoms with Gasteiger partial charge in [0.2, 0.25) is 0 Å². The van der Waals surface area contributed by atoms with E-state index in [1.54, 1.807) is 24.3 Å². The number of phenols is 1. The molecule has 3 aromatic rings. The van der Waals surface area contributed by atoms with Gasteiger partial charge in [0.25, 0.3) is 0 Å². The third-order valence-corrected chi connectivity index (χ3v) is 5.12. The number of nitrogens with zero attached hydrogens (tertiary/aromatic N) is 3. The summed E-state index contributed by atoms with van der Waals surface area (Å²) in [6, 6.07) is 12.0. The molecule has 2 heterocycles. The molecule has 1 aliphatic heterocycles. The van der Waals surface area contributed by atoms with Crippen molar-refractivity contribution in [2.75, 3.05) is 11.4 Å². The number of rotatable bonds is 3. The van der Waals surface area contributed by atoms with Crippen LogP contribution in [0.4, 0.5) is 10.2 Å². The summed E-state index contributed by atoms with van der Waals surface area (Å²) < 4.78 is 13.9. The summed E-state index contributed by atoms with van der Waals surface area (Å²) in [6.45, 7) is 5.31. The van der Waals surface area contributed by atoms with E-state index in [1.165, 1.54) is 12.1 Å². The topological polar surface area (TPSA) is 49.2 Å². The summed E-state index contributed by atoms with van der Waals surface area (Å²) in [7, 11) is 0. The van der Waals surface area contributed by atoms with E-state index in [2.05, 4.69) is 23.7 Å². The lowest BCUT2D eigenvalue weighted by molar-refractivity contribution is 0.476. The zero-order valence-electron chi connectivity index (χ0n) is 15.0. The highest BCUT2D eigenvalue weighted by Gasteiger charge is 2.30. The smallest absolute Gasteiger partial charge is 0.165 e. The van der Waals surface area contributed by atoms with Crippen LogP contribution in [-0.2, 0) is 0 Å². The van der Waals surface area contributed by atoms with Crippen molar-refractivity contribution in [1.82, 2.24) is 9.97 Å². The summed E-state index contributed by atoms with van der Waals surface area (Å²) in [6.07, 6.45) is 2.19. The highest BCUT2D eigenvalue weighted by atomic mass is 19.1. The normalized spacial score (nSPS) is 17.4. The second kappa shape index (κ2) is 6.56. The lowest BCUT2D eigenvalue weighted by Crippen LogP contribution is -2.34. The molecular weight excluding hydrogens is 329 g/mol. The molecule has 134 valence electrons. The molecular formula is C21H22FN3O. The average Bonchev–Trinajstić information content (AvgIpc) is 3.11. The summed E-state index contributed by atoms with van der Waals surface area (Å²) in [5.74, 6) is 1.54. The van der Waals surface area contributed by atoms with Crippen molar-refractivity contribution < 1.29 is 9.50 Å². The molecule has 1 unspecified atom stereocenters. The molecule has 0 spiro atoms. The first-order valence-corrected chi connectivity index (χ1v) is 9.07. The number of aromatic nitrogens is 2. The van der Waals surface area contributed by atoms with Gasteiger partial charge in [0.1, 0.15) is 17.4 Å². The first kappa shape index (κ1) is 16.8. The van der Waals surface area contributed by atoms with Crippen molar-refractivity contribution in [1.29, 1.82) is 0 Å². The lowest BCUT2D eigenvalue weighted by atomic mass is 10.0. The molecule has 1 N–H and O–H groups in total. The average molecular weight is 351 g/mol. The maximum atomic E-state index is 13.9. The van der Waals surface area contributed by atoms with Crippen LogP contribution in [0.15, 0.2) is 42.5 Å². The fourth-order valence-corrected chi connectivity index (χ4v) is 3.84. The van der Waals surface area contributed by atoms with Crippen LogP contribution in [0.1, 0.15) is 26.7 Å². The largest absolute Gasteiger partial charge is 0.507 e. The Morgan fingerprint density at radius 1 is 1.15 bits per heavy atom. The Morgan fingerprint density at radius 2 is 1.96 bits per heavy atom. The Hall–Kier alpha value is -2.69. The molecule has 0 radical (unpaired) electrons. The van der Waals surface area contributed by atoms with Crippen LogP contribution in [0.25, 0.3) is 22.3 Å². The van der Waals surface area contributed by atoms with Crippen molar-refractivity contribution in [2.24, 2.45) is 5.92 Å². The maximum Gasteiger partial charge on any atom is 0.165 e. The number of fused-ring (bicyclic) bond motifs is 1. The van der Waals surface area contributed by atoms with Crippen molar-refractivity contribution >= 4 is 16.7 Å². The predicted octanol–water partition coefficient (Wildman–Crippen LogP) is 4.77. The van der Waals surface area contributed by atoms with Crippen LogP contribution < -0.4 is 4.90 Å². The van der Waals surface area contributed by atoms with Crippen molar-refractivity contribution in [3.63, 3.8) is 0 Å². The first-order chi connectivity index (χ1) is 12.5. The molecule has 1 aliphatic rings. The molecule has 1 saturated heterocycles. The van der Waals surface area contributed by atoms with Gasteiger partial charge in [-0.25, -0.2) is 14.4 Å². The van der Waals surface area contributed by atoms with Crippen molar-refractivity contribution in [2.45, 2.75) is 32.7 Å². The Bertz CT molecular complexity index is 957. The molecule has 1 atom stereocenters. The van der Waals surface area contributed by atoms with Gasteiger partial charge in [0.05, 0.1) is 11.1 Å². The summed E-state index contributed by atoms with van der Waals surface area (Å²) in [4.78, 5) is 11.6. The van der Waals surface area contributed by atoms with Gasteiger partial charge in [-0.2, -0.15) is 0 Å². The van der Waals surface area contributed by atoms with Gasteiger partial charge in [-0.1, -0.05) is 26.0 Å². The van der Waals surface area contributed by atoms with Gasteiger partial charge in [-0.05, 0) is 49.1 Å². The van der Waals surface area contributed by atoms with E-state index in [4.69, 9.17) is 4.98 Å². The van der Waals surface area contributed by atoms with E-state index in [0.29, 0.717) is 28.9 Å². The van der Waals surface area contributed by atoms with Gasteiger partial charge in [-0.3, -0.25) is 0 Å². The number of benzene rings is 2. The molecule has 4 nitrogen and oxygen atoms in total. The van der Waals surface area contributed by atoms with Crippen LogP contribution in [0.5, 0.6) is 5.75 Å². The molecule has 1 aromatic heterocycles. The quantitative estimate of drug-likeness (QED) is 0.739. The summed E-state index contributed by atoms with van der Waals surface area (Å²) in [5.41, 5.74) is 1.27. The Morgan fingerprint density at radius 3 is 2.73 bits per heavy atom. The lowest BCUT2D eigenvalue weighted by Gasteiger charge is -2.30. The maximum absolute atomic E-state index is 13.9. The molecule has 0 aliphatic carbocycles. The minimum Gasteiger partial charge on any atom is -0.507 e. The summed E-state index contributed by atoms with van der Waals surface area (Å²) >= 11 is 0. The molecule has 0 amide bonds. The Balaban J connectivity index is 1.95. The standard InChI is InChI=1S/C21H22FN3O/c1-13(2)18-7-5-11-25(18)21-16-12-14(22)9-10-17(16)23-20(24-21)15-6-3-4-8-19(15)26/h3-4,6,8-10,12-13,18,26H,5,7,11H2,1-2H3. The number of para-hydroxylation sites is 1. The fraction of sp³-hybridized carbons (Fsp3) is 0.333. The SMILES string of the molecule is CC(C)C1CCCN1c1nc(-c2ccccc2O)nc2ccc(F)cc12. The number of anilines is 1. The number of hydrogen-bond acceptors (Lipinski definition) is 4. The van der Waals surface area contributed by atoms with Crippen molar-refractivity contribution in [3.8, 4) is 17.1 Å². The van der Waals surface area contributed by atoms with Gasteiger partial charge >= 0.3 is 0 Å². The highest BCUT2D eigenvalue weighted by Crippen LogP contribution is 2.36. The number of aromatic hydroxyl groups is 1. The molecule has 5 heteroatoms. The zero-order valence-corrected chi connectivity index (χ0v) is 15.0. The van der Waals surface area contributed by atoms with Gasteiger partial charge < -0.3 is 10.0 Å². The predicted molar refractivity (Wildman–Crippen MR) is 102 cm³/mol. The molecule has 0 bridgehead atoms. The van der Waals surface area contributed by atoms with E-state index >= 15 is 0 Å². The molecule has 2 aromatic carbocycles. The van der Waals surface area contributed by atoms with E-state index < -0.39 is 0 Å². The summed E-state index contributed by atoms with van der Waals surface area (Å²) in [5, 5.41) is 10.9. The van der Waals surface area contributed by atoms with Crippen LogP contribution in [0.2, 0.25) is 0 Å². The van der Waals surface area contributed by atoms with Crippen LogP contribution in [0.3, 0.4) is 0 Å². The Labute approximate surface area is 152 Å². The van der Waals surface area contributed by atoms with Gasteiger partial charge in [0.15, 0.2) is 5.82 Å². The molecule has 4 rings (SSSR count). The van der Waals surface area contributed by atoms with E-state index in [1.807, 2.05) is 6.07 Å². The van der Waals surface area contributed by atoms with Crippen LogP contribution in [-0.4, -0.2) is 27.7 Å². The van der Waals surface area contributed by atoms with Gasteiger partial charge in [0, 0.05) is 18.0 Å². The third kappa shape index (κ3) is 2.87. The van der Waals surface area contributed by atoms with Crippen molar-refractivity contribution in [3.05, 3.63) is 48.3 Å². The number of phenolic OH excluding ortho intramolecular Hbond substituents is 1. The Kier molecular flexibility index (Phi) is 4.23. The van der Waals surface area contributed by atoms with Crippen LogP contribution >= 0.6 is 0 Å². The third-order valence-electron chi connectivity index (χ3n) is 5.12. The fourth-order valence-electron chi connectivity index (χ4n) is 3.84. The molecule has 0 saturated carbocycles. The number of halogens is 1. The monoisotopic (exact) mass is 351 g/mol. The van der Waals surface area contributed by atoms with E-state index in [0.717, 1.165) is 30.6 Å². The van der Waals surface area contributed by atoms with Gasteiger partial charge in [-0.15, -0.1) is 0 Å². The first-order valence-electron chi connectivity index (χ1n) is 9.07. The molecule has 1 fully saturated rings. The van der Waals surface area contributed by atoms with E-state index in [-0.39, 0.29) is 11.6 Å². The second-order valence-electron chi connectivity index (χ2n) is 7.20. The van der Waals surface area contributed by atoms with E-state index in [9.17, 15) is 9.50 Å². The molecule has 26 heavy (non-hydrogen) atoms.